The average Bonchev–Trinajstić information content (AvgIpc) is 2.26. The fourth-order valence-electron chi connectivity index (χ4n) is 1.51. The molecule has 1 aromatic carbocycles. The normalized spacial score (nSPS) is 14.1. The van der Waals surface area contributed by atoms with Crippen LogP contribution in [0, 0.1) is 10.1 Å². The maximum absolute atomic E-state index is 11.6. The Hall–Kier alpha value is -1.50. The van der Waals surface area contributed by atoms with Crippen LogP contribution >= 0.6 is 0 Å². The maximum Gasteiger partial charge on any atom is 1.00 e. The molecule has 17 heavy (non-hydrogen) atoms. The standard InChI is InChI=1S/C10H5NO5.Na/c12-8-5-3-1-2-4-6(5)9(13)10(14)7(8)11(15)16;/h1-4,14H;/q;+1/p-1. The quantitative estimate of drug-likeness (QED) is 0.295. The summed E-state index contributed by atoms with van der Waals surface area (Å²) in [6.07, 6.45) is 0. The largest absolute Gasteiger partial charge is 1.00 e. The summed E-state index contributed by atoms with van der Waals surface area (Å²) in [7, 11) is 0. The van der Waals surface area contributed by atoms with Crippen molar-refractivity contribution in [3.05, 3.63) is 57.0 Å². The zero-order valence-electron chi connectivity index (χ0n) is 8.80. The van der Waals surface area contributed by atoms with Crippen LogP contribution in [-0.4, -0.2) is 16.5 Å². The second kappa shape index (κ2) is 4.79. The van der Waals surface area contributed by atoms with Crippen molar-refractivity contribution in [2.45, 2.75) is 0 Å². The van der Waals surface area contributed by atoms with E-state index in [0.717, 1.165) is 0 Å². The Morgan fingerprint density at radius 2 is 1.47 bits per heavy atom. The van der Waals surface area contributed by atoms with Crippen molar-refractivity contribution in [3.8, 4) is 0 Å². The summed E-state index contributed by atoms with van der Waals surface area (Å²) in [5.74, 6) is -3.37. The Bertz CT molecular complexity index is 564. The molecule has 0 aliphatic heterocycles. The van der Waals surface area contributed by atoms with Crippen molar-refractivity contribution < 1.29 is 49.2 Å². The van der Waals surface area contributed by atoms with Crippen molar-refractivity contribution in [2.24, 2.45) is 0 Å². The summed E-state index contributed by atoms with van der Waals surface area (Å²) in [6, 6.07) is 5.53. The van der Waals surface area contributed by atoms with Gasteiger partial charge in [0.2, 0.25) is 0 Å². The van der Waals surface area contributed by atoms with Crippen LogP contribution < -0.4 is 34.7 Å². The molecule has 0 aromatic heterocycles. The molecule has 0 spiro atoms. The molecule has 0 heterocycles. The van der Waals surface area contributed by atoms with Gasteiger partial charge in [0.15, 0.2) is 5.78 Å². The topological polar surface area (TPSA) is 100 Å². The van der Waals surface area contributed by atoms with Gasteiger partial charge in [-0.2, -0.15) is 0 Å². The number of rotatable bonds is 1. The van der Waals surface area contributed by atoms with Gasteiger partial charge in [-0.1, -0.05) is 24.3 Å². The van der Waals surface area contributed by atoms with Crippen LogP contribution in [0.3, 0.4) is 0 Å². The molecule has 80 valence electrons. The Labute approximate surface area is 117 Å². The van der Waals surface area contributed by atoms with E-state index in [1.165, 1.54) is 24.3 Å². The SMILES string of the molecule is O=C1C([O-])=C([N+](=O)[O-])C(=O)c2ccccc21.[Na+]. The van der Waals surface area contributed by atoms with Gasteiger partial charge in [0.1, 0.15) is 0 Å². The number of hydrogen-bond donors (Lipinski definition) is 0. The van der Waals surface area contributed by atoms with E-state index in [4.69, 9.17) is 0 Å². The average molecular weight is 241 g/mol. The number of carbonyl (C=O) groups is 2. The van der Waals surface area contributed by atoms with Crippen LogP contribution in [-0.2, 0) is 0 Å². The van der Waals surface area contributed by atoms with Crippen LogP contribution in [0.4, 0.5) is 0 Å². The maximum atomic E-state index is 11.6. The van der Waals surface area contributed by atoms with E-state index in [-0.39, 0.29) is 40.7 Å². The molecule has 0 unspecified atom stereocenters. The molecule has 0 atom stereocenters. The minimum Gasteiger partial charge on any atom is -0.865 e. The predicted molar refractivity (Wildman–Crippen MR) is 49.1 cm³/mol. The molecule has 6 nitrogen and oxygen atoms in total. The van der Waals surface area contributed by atoms with Gasteiger partial charge >= 0.3 is 35.3 Å². The first-order valence-corrected chi connectivity index (χ1v) is 4.28. The van der Waals surface area contributed by atoms with Crippen LogP contribution in [0.5, 0.6) is 0 Å². The molecule has 1 aliphatic rings. The first-order chi connectivity index (χ1) is 7.54. The molecular weight excluding hydrogens is 237 g/mol. The number of allylic oxidation sites excluding steroid dienone is 2. The third-order valence-corrected chi connectivity index (χ3v) is 2.24. The minimum atomic E-state index is -1.35. The van der Waals surface area contributed by atoms with E-state index in [0.29, 0.717) is 0 Å². The summed E-state index contributed by atoms with van der Waals surface area (Å²) in [4.78, 5) is 32.4. The number of carbonyl (C=O) groups excluding carboxylic acids is 2. The number of benzene rings is 1. The molecule has 0 N–H and O–H groups in total. The summed E-state index contributed by atoms with van der Waals surface area (Å²) >= 11 is 0. The van der Waals surface area contributed by atoms with Gasteiger partial charge in [-0.15, -0.1) is 0 Å². The second-order valence-electron chi connectivity index (χ2n) is 3.14. The monoisotopic (exact) mass is 241 g/mol. The van der Waals surface area contributed by atoms with E-state index >= 15 is 0 Å². The third kappa shape index (κ3) is 2.02. The fourth-order valence-corrected chi connectivity index (χ4v) is 1.51. The van der Waals surface area contributed by atoms with Gasteiger partial charge in [-0.3, -0.25) is 19.7 Å². The number of ketones is 2. The second-order valence-corrected chi connectivity index (χ2v) is 3.14. The number of fused-ring (bicyclic) bond motifs is 1. The predicted octanol–water partition coefficient (Wildman–Crippen LogP) is -3.08. The number of Topliss-reactive ketones (excluding diaryl/α,β-unsaturated/α-hetero) is 2. The molecule has 0 radical (unpaired) electrons. The smallest absolute Gasteiger partial charge is 0.865 e. The van der Waals surface area contributed by atoms with E-state index in [2.05, 4.69) is 0 Å². The first-order valence-electron chi connectivity index (χ1n) is 4.28. The van der Waals surface area contributed by atoms with E-state index in [9.17, 15) is 24.8 Å². The van der Waals surface area contributed by atoms with Crippen molar-refractivity contribution in [3.63, 3.8) is 0 Å². The Morgan fingerprint density at radius 3 is 1.94 bits per heavy atom. The molecule has 0 saturated carbocycles. The molecule has 0 bridgehead atoms. The third-order valence-electron chi connectivity index (χ3n) is 2.24. The number of hydrogen-bond acceptors (Lipinski definition) is 5. The van der Waals surface area contributed by atoms with Gasteiger partial charge in [-0.05, 0) is 0 Å². The van der Waals surface area contributed by atoms with Crippen LogP contribution in [0.1, 0.15) is 20.7 Å². The van der Waals surface area contributed by atoms with Gasteiger partial charge in [-0.25, -0.2) is 0 Å². The van der Waals surface area contributed by atoms with Crippen LogP contribution in [0.2, 0.25) is 0 Å². The molecule has 2 rings (SSSR count). The molecule has 7 heteroatoms. The summed E-state index contributed by atoms with van der Waals surface area (Å²) in [5.41, 5.74) is -1.36. The van der Waals surface area contributed by atoms with E-state index in [1.54, 1.807) is 0 Å². The Kier molecular flexibility index (Phi) is 3.82. The van der Waals surface area contributed by atoms with Gasteiger partial charge in [0.25, 0.3) is 5.78 Å². The van der Waals surface area contributed by atoms with Crippen LogP contribution in [0.15, 0.2) is 35.7 Å². The van der Waals surface area contributed by atoms with Crippen LogP contribution in [0.25, 0.3) is 0 Å². The summed E-state index contributed by atoms with van der Waals surface area (Å²) in [6.45, 7) is 0. The van der Waals surface area contributed by atoms with E-state index in [1.807, 2.05) is 0 Å². The molecule has 0 saturated heterocycles. The Morgan fingerprint density at radius 1 is 1.00 bits per heavy atom. The van der Waals surface area contributed by atoms with Gasteiger partial charge < -0.3 is 5.11 Å². The van der Waals surface area contributed by atoms with Crippen molar-refractivity contribution in [1.29, 1.82) is 0 Å². The summed E-state index contributed by atoms with van der Waals surface area (Å²) in [5, 5.41) is 21.8. The zero-order chi connectivity index (χ0) is 11.9. The molecule has 1 aliphatic carbocycles. The van der Waals surface area contributed by atoms with Crippen molar-refractivity contribution in [2.75, 3.05) is 0 Å². The van der Waals surface area contributed by atoms with Gasteiger partial charge in [0.05, 0.1) is 4.92 Å². The fraction of sp³-hybridized carbons (Fsp3) is 0. The number of nitrogens with zero attached hydrogens (tertiary/aromatic N) is 1. The Balaban J connectivity index is 0.00000144. The summed E-state index contributed by atoms with van der Waals surface area (Å²) < 4.78 is 0. The molecular formula is C10H4NNaO5. The number of nitro groups is 1. The van der Waals surface area contributed by atoms with Gasteiger partial charge in [0, 0.05) is 16.9 Å². The van der Waals surface area contributed by atoms with Crippen molar-refractivity contribution in [1.82, 2.24) is 0 Å². The first kappa shape index (κ1) is 13.6. The molecule has 0 fully saturated rings. The van der Waals surface area contributed by atoms with Crippen molar-refractivity contribution >= 4 is 11.6 Å². The molecule has 1 aromatic rings. The zero-order valence-corrected chi connectivity index (χ0v) is 10.8. The minimum absolute atomic E-state index is 0. The van der Waals surface area contributed by atoms with E-state index < -0.39 is 27.9 Å². The molecule has 0 amide bonds.